The number of halogens is 1. The molecule has 0 spiro atoms. The first kappa shape index (κ1) is 20.6. The van der Waals surface area contributed by atoms with E-state index in [9.17, 15) is 4.79 Å². The Morgan fingerprint density at radius 1 is 1.25 bits per heavy atom. The van der Waals surface area contributed by atoms with Crippen molar-refractivity contribution in [3.8, 4) is 11.3 Å². The summed E-state index contributed by atoms with van der Waals surface area (Å²) in [4.78, 5) is 21.9. The molecule has 0 bridgehead atoms. The van der Waals surface area contributed by atoms with Crippen molar-refractivity contribution in [2.75, 3.05) is 17.6 Å². The molecule has 0 radical (unpaired) electrons. The van der Waals surface area contributed by atoms with Crippen LogP contribution >= 0.6 is 11.6 Å². The molecule has 2 aromatic heterocycles. The summed E-state index contributed by atoms with van der Waals surface area (Å²) in [7, 11) is 0. The van der Waals surface area contributed by atoms with Gasteiger partial charge in [-0.3, -0.25) is 9.20 Å². The Morgan fingerprint density at radius 2 is 2.06 bits per heavy atom. The predicted octanol–water partition coefficient (Wildman–Crippen LogP) is 4.75. The number of fused-ring (bicyclic) bond motifs is 3. The van der Waals surface area contributed by atoms with Crippen LogP contribution in [-0.4, -0.2) is 32.9 Å². The highest BCUT2D eigenvalue weighted by atomic mass is 35.5. The number of anilines is 2. The van der Waals surface area contributed by atoms with Gasteiger partial charge in [-0.1, -0.05) is 31.5 Å². The molecule has 4 N–H and O–H groups in total. The first-order valence-electron chi connectivity index (χ1n) is 10.8. The third kappa shape index (κ3) is 3.84. The summed E-state index contributed by atoms with van der Waals surface area (Å²) in [6, 6.07) is 11.4. The Bertz CT molecular complexity index is 1340. The van der Waals surface area contributed by atoms with Crippen LogP contribution in [0.25, 0.3) is 27.9 Å². The molecule has 0 unspecified atom stereocenters. The summed E-state index contributed by atoms with van der Waals surface area (Å²) in [5, 5.41) is 6.81. The van der Waals surface area contributed by atoms with E-state index in [1.54, 1.807) is 6.07 Å². The van der Waals surface area contributed by atoms with E-state index >= 15 is 0 Å². The molecule has 4 aromatic rings. The number of imidazole rings is 1. The lowest BCUT2D eigenvalue weighted by Gasteiger charge is -2.13. The van der Waals surface area contributed by atoms with E-state index in [-0.39, 0.29) is 11.9 Å². The zero-order chi connectivity index (χ0) is 22.4. The summed E-state index contributed by atoms with van der Waals surface area (Å²) < 4.78 is 2.06. The maximum Gasteiger partial charge on any atom is 0.253 e. The van der Waals surface area contributed by atoms with Crippen molar-refractivity contribution >= 4 is 45.7 Å². The van der Waals surface area contributed by atoms with E-state index in [4.69, 9.17) is 22.3 Å². The minimum Gasteiger partial charge on any atom is -0.399 e. The van der Waals surface area contributed by atoms with Gasteiger partial charge >= 0.3 is 0 Å². The van der Waals surface area contributed by atoms with E-state index in [2.05, 4.69) is 33.9 Å². The molecule has 1 aliphatic rings. The second-order valence-corrected chi connectivity index (χ2v) is 9.14. The van der Waals surface area contributed by atoms with Gasteiger partial charge in [0.05, 0.1) is 33.5 Å². The summed E-state index contributed by atoms with van der Waals surface area (Å²) in [5.41, 5.74) is 11.3. The number of nitrogens with two attached hydrogens (primary N) is 1. The van der Waals surface area contributed by atoms with Crippen molar-refractivity contribution in [1.29, 1.82) is 0 Å². The normalized spacial score (nSPS) is 13.8. The fourth-order valence-corrected chi connectivity index (χ4v) is 3.99. The second kappa shape index (κ2) is 7.98. The molecule has 0 saturated heterocycles. The van der Waals surface area contributed by atoms with Gasteiger partial charge in [0.25, 0.3) is 5.91 Å². The summed E-state index contributed by atoms with van der Waals surface area (Å²) in [6.07, 6.45) is 3.87. The third-order valence-electron chi connectivity index (χ3n) is 5.55. The molecule has 0 atom stereocenters. The first-order valence-corrected chi connectivity index (χ1v) is 11.2. The number of aromatic nitrogens is 3. The van der Waals surface area contributed by atoms with E-state index in [1.807, 2.05) is 36.5 Å². The third-order valence-corrected chi connectivity index (χ3v) is 5.86. The maximum absolute atomic E-state index is 12.5. The highest BCUT2D eigenvalue weighted by molar-refractivity contribution is 6.34. The van der Waals surface area contributed by atoms with Gasteiger partial charge < -0.3 is 16.4 Å². The molecule has 1 fully saturated rings. The van der Waals surface area contributed by atoms with Crippen molar-refractivity contribution < 1.29 is 4.79 Å². The van der Waals surface area contributed by atoms with Crippen LogP contribution < -0.4 is 16.4 Å². The number of carbonyl (C=O) groups excluding carboxylic acids is 1. The monoisotopic (exact) mass is 448 g/mol. The van der Waals surface area contributed by atoms with Crippen LogP contribution in [0.1, 0.15) is 37.0 Å². The van der Waals surface area contributed by atoms with Crippen molar-refractivity contribution in [3.05, 3.63) is 53.2 Å². The smallest absolute Gasteiger partial charge is 0.253 e. The lowest BCUT2D eigenvalue weighted by molar-refractivity contribution is 0.0951. The average molecular weight is 449 g/mol. The molecule has 5 rings (SSSR count). The van der Waals surface area contributed by atoms with Crippen LogP contribution in [0.5, 0.6) is 0 Å². The fourth-order valence-electron chi connectivity index (χ4n) is 3.72. The first-order chi connectivity index (χ1) is 15.4. The van der Waals surface area contributed by atoms with Gasteiger partial charge in [-0.05, 0) is 49.1 Å². The van der Waals surface area contributed by atoms with Gasteiger partial charge in [0.15, 0.2) is 11.5 Å². The van der Waals surface area contributed by atoms with Gasteiger partial charge in [-0.2, -0.15) is 0 Å². The minimum absolute atomic E-state index is 0.132. The van der Waals surface area contributed by atoms with Crippen molar-refractivity contribution in [1.82, 2.24) is 19.7 Å². The highest BCUT2D eigenvalue weighted by Crippen LogP contribution is 2.32. The van der Waals surface area contributed by atoms with Gasteiger partial charge in [-0.25, -0.2) is 9.97 Å². The zero-order valence-electron chi connectivity index (χ0n) is 18.0. The molecule has 8 heteroatoms. The summed E-state index contributed by atoms with van der Waals surface area (Å²) >= 11 is 6.52. The molecule has 0 aliphatic heterocycles. The molecule has 2 aromatic carbocycles. The zero-order valence-corrected chi connectivity index (χ0v) is 18.8. The van der Waals surface area contributed by atoms with Crippen molar-refractivity contribution in [3.63, 3.8) is 0 Å². The number of rotatable bonds is 6. The summed E-state index contributed by atoms with van der Waals surface area (Å²) in [5.74, 6) is 1.03. The lowest BCUT2D eigenvalue weighted by Crippen LogP contribution is -2.25. The number of benzene rings is 2. The van der Waals surface area contributed by atoms with Gasteiger partial charge in [0, 0.05) is 23.8 Å². The van der Waals surface area contributed by atoms with Crippen LogP contribution in [0.2, 0.25) is 5.02 Å². The lowest BCUT2D eigenvalue weighted by atomic mass is 10.1. The Morgan fingerprint density at radius 3 is 2.78 bits per heavy atom. The predicted molar refractivity (Wildman–Crippen MR) is 129 cm³/mol. The Labute approximate surface area is 191 Å². The number of nitrogens with one attached hydrogen (secondary N) is 2. The quantitative estimate of drug-likeness (QED) is 0.370. The van der Waals surface area contributed by atoms with Gasteiger partial charge in [0.2, 0.25) is 0 Å². The van der Waals surface area contributed by atoms with Crippen LogP contribution in [-0.2, 0) is 0 Å². The van der Waals surface area contributed by atoms with Crippen LogP contribution in [0, 0.1) is 5.92 Å². The van der Waals surface area contributed by atoms with E-state index in [0.717, 1.165) is 47.3 Å². The Balaban J connectivity index is 1.63. The standard InChI is InChI=1S/C24H25ClN6O/c1-13(2)11-27-22-23-28-12-21(31(23)20-8-4-15(26)10-19(20)30-22)14-3-7-17(18(25)9-14)24(32)29-16-5-6-16/h3-4,7-10,12-13,16H,5-6,11,26H2,1-2H3,(H,27,30)(H,29,32). The van der Waals surface area contributed by atoms with Gasteiger partial charge in [-0.15, -0.1) is 0 Å². The van der Waals surface area contributed by atoms with E-state index in [0.29, 0.717) is 28.0 Å². The number of nitrogens with zero attached hydrogens (tertiary/aromatic N) is 3. The second-order valence-electron chi connectivity index (χ2n) is 8.73. The minimum atomic E-state index is -0.132. The Hall–Kier alpha value is -3.32. The molecule has 1 amide bonds. The highest BCUT2D eigenvalue weighted by Gasteiger charge is 2.25. The van der Waals surface area contributed by atoms with Crippen LogP contribution in [0.3, 0.4) is 0 Å². The van der Waals surface area contributed by atoms with Crippen LogP contribution in [0.15, 0.2) is 42.6 Å². The fraction of sp³-hybridized carbons (Fsp3) is 0.292. The SMILES string of the molecule is CC(C)CNc1nc2cc(N)ccc2n2c(-c3ccc(C(=O)NC4CC4)c(Cl)c3)cnc12. The van der Waals surface area contributed by atoms with E-state index < -0.39 is 0 Å². The Kier molecular flexibility index (Phi) is 5.13. The van der Waals surface area contributed by atoms with Crippen molar-refractivity contribution in [2.45, 2.75) is 32.7 Å². The molecule has 32 heavy (non-hydrogen) atoms. The topological polar surface area (TPSA) is 97.3 Å². The number of nitrogen functional groups attached to an aromatic ring is 1. The molecule has 7 nitrogen and oxygen atoms in total. The molecular weight excluding hydrogens is 424 g/mol. The number of amides is 1. The molecular formula is C24H25ClN6O. The van der Waals surface area contributed by atoms with Gasteiger partial charge in [0.1, 0.15) is 0 Å². The van der Waals surface area contributed by atoms with E-state index in [1.165, 1.54) is 0 Å². The molecule has 164 valence electrons. The number of carbonyl (C=O) groups is 1. The van der Waals surface area contributed by atoms with Crippen molar-refractivity contribution in [2.24, 2.45) is 5.92 Å². The number of hydrogen-bond acceptors (Lipinski definition) is 5. The van der Waals surface area contributed by atoms with Crippen LogP contribution in [0.4, 0.5) is 11.5 Å². The maximum atomic E-state index is 12.5. The number of hydrogen-bond donors (Lipinski definition) is 3. The average Bonchev–Trinajstić information content (AvgIpc) is 3.45. The molecule has 1 aliphatic carbocycles. The molecule has 1 saturated carbocycles. The largest absolute Gasteiger partial charge is 0.399 e. The molecule has 2 heterocycles. The summed E-state index contributed by atoms with van der Waals surface area (Å²) in [6.45, 7) is 5.06.